The van der Waals surface area contributed by atoms with E-state index < -0.39 is 4.33 Å². The van der Waals surface area contributed by atoms with Crippen molar-refractivity contribution in [2.45, 2.75) is 29.6 Å². The molecule has 1 aliphatic carbocycles. The molecule has 0 saturated heterocycles. The van der Waals surface area contributed by atoms with Crippen LogP contribution in [0.4, 0.5) is 0 Å². The molecular formula is C8H12Cl3N3O. The van der Waals surface area contributed by atoms with Crippen LogP contribution in [0.3, 0.4) is 0 Å². The Bertz CT molecular complexity index is 355. The van der Waals surface area contributed by atoms with Crippen molar-refractivity contribution in [3.63, 3.8) is 0 Å². The zero-order valence-electron chi connectivity index (χ0n) is 8.38. The Morgan fingerprint density at radius 3 is 2.60 bits per heavy atom. The molecule has 86 valence electrons. The Morgan fingerprint density at radius 1 is 1.53 bits per heavy atom. The number of nitrogens with zero attached hydrogens (tertiary/aromatic N) is 2. The number of halogens is 3. The van der Waals surface area contributed by atoms with Crippen LogP contribution in [0.2, 0.25) is 0 Å². The number of nitrogens with one attached hydrogen (secondary N) is 1. The van der Waals surface area contributed by atoms with Crippen LogP contribution in [-0.2, 0) is 12.0 Å². The molecule has 7 heteroatoms. The Hall–Kier alpha value is -0.0300. The lowest BCUT2D eigenvalue weighted by Gasteiger charge is -2.04. The molecule has 0 bridgehead atoms. The summed E-state index contributed by atoms with van der Waals surface area (Å²) in [5.74, 6) is 1.15. The van der Waals surface area contributed by atoms with Crippen molar-refractivity contribution in [2.75, 3.05) is 7.05 Å². The second kappa shape index (κ2) is 4.09. The van der Waals surface area contributed by atoms with Gasteiger partial charge in [0.15, 0.2) is 5.82 Å². The molecule has 1 atom stereocenters. The van der Waals surface area contributed by atoms with E-state index in [2.05, 4.69) is 15.5 Å². The smallest absolute Gasteiger partial charge is 0.235 e. The first-order valence-electron chi connectivity index (χ1n) is 4.35. The van der Waals surface area contributed by atoms with Crippen molar-refractivity contribution >= 4 is 35.6 Å². The van der Waals surface area contributed by atoms with Crippen LogP contribution in [0, 0.1) is 0 Å². The molecule has 0 aliphatic heterocycles. The summed E-state index contributed by atoms with van der Waals surface area (Å²) < 4.78 is 4.36. The van der Waals surface area contributed by atoms with Crippen molar-refractivity contribution < 1.29 is 4.52 Å². The van der Waals surface area contributed by atoms with E-state index in [-0.39, 0.29) is 17.8 Å². The summed E-state index contributed by atoms with van der Waals surface area (Å²) in [4.78, 5) is 4.22. The van der Waals surface area contributed by atoms with Crippen molar-refractivity contribution in [1.82, 2.24) is 15.5 Å². The third-order valence-electron chi connectivity index (χ3n) is 2.53. The normalized spacial score (nSPS) is 27.2. The second-order valence-electron chi connectivity index (χ2n) is 3.76. The largest absolute Gasteiger partial charge is 0.339 e. The number of hydrogen-bond donors (Lipinski definition) is 1. The molecule has 1 fully saturated rings. The first kappa shape index (κ1) is 13.0. The average Bonchev–Trinajstić information content (AvgIpc) is 2.51. The van der Waals surface area contributed by atoms with Crippen molar-refractivity contribution in [3.05, 3.63) is 11.7 Å². The molecular weight excluding hydrogens is 260 g/mol. The fourth-order valence-corrected chi connectivity index (χ4v) is 2.04. The van der Waals surface area contributed by atoms with E-state index in [1.54, 1.807) is 0 Å². The molecule has 1 aliphatic rings. The molecule has 1 aromatic heterocycles. The lowest BCUT2D eigenvalue weighted by Crippen LogP contribution is -2.11. The van der Waals surface area contributed by atoms with Gasteiger partial charge in [0.1, 0.15) is 4.33 Å². The molecule has 1 aromatic rings. The van der Waals surface area contributed by atoms with E-state index in [0.29, 0.717) is 24.7 Å². The number of rotatable bonds is 3. The zero-order valence-corrected chi connectivity index (χ0v) is 10.7. The summed E-state index contributed by atoms with van der Waals surface area (Å²) in [6.45, 7) is 2.50. The summed E-state index contributed by atoms with van der Waals surface area (Å²) in [6, 6.07) is 0. The predicted octanol–water partition coefficient (Wildman–Crippen LogP) is 2.05. The molecule has 0 aromatic carbocycles. The van der Waals surface area contributed by atoms with E-state index in [9.17, 15) is 0 Å². The molecule has 1 unspecified atom stereocenters. The molecule has 1 heterocycles. The molecule has 1 N–H and O–H groups in total. The van der Waals surface area contributed by atoms with E-state index in [4.69, 9.17) is 27.7 Å². The monoisotopic (exact) mass is 271 g/mol. The molecule has 0 amide bonds. The molecule has 15 heavy (non-hydrogen) atoms. The Labute approximate surface area is 104 Å². The molecule has 0 spiro atoms. The maximum Gasteiger partial charge on any atom is 0.235 e. The Morgan fingerprint density at radius 2 is 2.13 bits per heavy atom. The van der Waals surface area contributed by atoms with E-state index in [1.165, 1.54) is 0 Å². The number of aromatic nitrogens is 2. The van der Waals surface area contributed by atoms with Crippen LogP contribution in [0.5, 0.6) is 0 Å². The van der Waals surface area contributed by atoms with Gasteiger partial charge in [-0.05, 0) is 20.4 Å². The van der Waals surface area contributed by atoms with Gasteiger partial charge >= 0.3 is 0 Å². The highest BCUT2D eigenvalue weighted by molar-refractivity contribution is 6.52. The summed E-state index contributed by atoms with van der Waals surface area (Å²) in [5, 5.41) is 6.75. The minimum atomic E-state index is -0.754. The van der Waals surface area contributed by atoms with Gasteiger partial charge in [-0.2, -0.15) is 4.98 Å². The van der Waals surface area contributed by atoms with Crippen LogP contribution < -0.4 is 5.32 Å². The number of hydrogen-bond acceptors (Lipinski definition) is 4. The van der Waals surface area contributed by atoms with E-state index >= 15 is 0 Å². The average molecular weight is 273 g/mol. The van der Waals surface area contributed by atoms with Crippen LogP contribution >= 0.6 is 35.6 Å². The van der Waals surface area contributed by atoms with Crippen LogP contribution in [0.25, 0.3) is 0 Å². The fourth-order valence-electron chi connectivity index (χ4n) is 1.34. The Kier molecular flexibility index (Phi) is 3.55. The third-order valence-corrected chi connectivity index (χ3v) is 3.63. The highest BCUT2D eigenvalue weighted by Gasteiger charge is 2.67. The van der Waals surface area contributed by atoms with Crippen molar-refractivity contribution in [1.29, 1.82) is 0 Å². The number of alkyl halides is 2. The molecule has 0 radical (unpaired) electrons. The highest BCUT2D eigenvalue weighted by Crippen LogP contribution is 2.64. The van der Waals surface area contributed by atoms with Crippen molar-refractivity contribution in [2.24, 2.45) is 0 Å². The minimum Gasteiger partial charge on any atom is -0.339 e. The van der Waals surface area contributed by atoms with Crippen LogP contribution in [-0.4, -0.2) is 21.5 Å². The van der Waals surface area contributed by atoms with Gasteiger partial charge < -0.3 is 9.84 Å². The summed E-state index contributed by atoms with van der Waals surface area (Å²) in [7, 11) is 1.82. The van der Waals surface area contributed by atoms with Gasteiger partial charge in [-0.3, -0.25) is 0 Å². The van der Waals surface area contributed by atoms with Gasteiger partial charge in [0, 0.05) is 0 Å². The summed E-state index contributed by atoms with van der Waals surface area (Å²) >= 11 is 12.0. The summed E-state index contributed by atoms with van der Waals surface area (Å²) in [6.07, 6.45) is 0.657. The lowest BCUT2D eigenvalue weighted by molar-refractivity contribution is 0.347. The predicted molar refractivity (Wildman–Crippen MR) is 60.7 cm³/mol. The van der Waals surface area contributed by atoms with Crippen LogP contribution in [0.15, 0.2) is 4.52 Å². The van der Waals surface area contributed by atoms with E-state index in [1.807, 2.05) is 14.0 Å². The van der Waals surface area contributed by atoms with Gasteiger partial charge in [-0.25, -0.2) is 0 Å². The SMILES string of the molecule is CNCc1noc(C2(C)CC2(Cl)Cl)n1.Cl. The Balaban J connectivity index is 0.00000112. The molecule has 2 rings (SSSR count). The molecule has 1 saturated carbocycles. The van der Waals surface area contributed by atoms with E-state index in [0.717, 1.165) is 0 Å². The van der Waals surface area contributed by atoms with Crippen molar-refractivity contribution in [3.8, 4) is 0 Å². The first-order chi connectivity index (χ1) is 6.49. The fraction of sp³-hybridized carbons (Fsp3) is 0.750. The molecule has 4 nitrogen and oxygen atoms in total. The standard InChI is InChI=1S/C8H11Cl2N3O.ClH/c1-7(4-8(7,9)10)6-12-5(3-11-2)13-14-6;/h11H,3-4H2,1-2H3;1H. The maximum atomic E-state index is 5.99. The van der Waals surface area contributed by atoms with Gasteiger partial charge in [0.2, 0.25) is 5.89 Å². The second-order valence-corrected chi connectivity index (χ2v) is 5.24. The topological polar surface area (TPSA) is 51.0 Å². The van der Waals surface area contributed by atoms with Gasteiger partial charge in [0.05, 0.1) is 12.0 Å². The lowest BCUT2D eigenvalue weighted by atomic mass is 10.1. The first-order valence-corrected chi connectivity index (χ1v) is 5.11. The van der Waals surface area contributed by atoms with Gasteiger partial charge in [0.25, 0.3) is 0 Å². The quantitative estimate of drug-likeness (QED) is 0.856. The van der Waals surface area contributed by atoms with Crippen LogP contribution in [0.1, 0.15) is 25.1 Å². The summed E-state index contributed by atoms with van der Waals surface area (Å²) in [5.41, 5.74) is -0.380. The maximum absolute atomic E-state index is 5.99. The van der Waals surface area contributed by atoms with Gasteiger partial charge in [-0.1, -0.05) is 5.16 Å². The minimum absolute atomic E-state index is 0. The highest BCUT2D eigenvalue weighted by atomic mass is 35.5. The third kappa shape index (κ3) is 2.09. The van der Waals surface area contributed by atoms with Gasteiger partial charge in [-0.15, -0.1) is 35.6 Å². The zero-order chi connectivity index (χ0) is 10.4.